The number of unbranched alkanes of at least 4 members (excludes halogenated alkanes) is 15. The second-order valence-corrected chi connectivity index (χ2v) is 10.1. The van der Waals surface area contributed by atoms with Gasteiger partial charge in [0.05, 0.1) is 5.56 Å². The number of halogens is 3. The highest BCUT2D eigenvalue weighted by Crippen LogP contribution is 2.31. The van der Waals surface area contributed by atoms with E-state index in [9.17, 15) is 18.0 Å². The van der Waals surface area contributed by atoms with Crippen LogP contribution in [0.3, 0.4) is 0 Å². The molecule has 5 nitrogen and oxygen atoms in total. The zero-order valence-electron chi connectivity index (χ0n) is 23.0. The summed E-state index contributed by atoms with van der Waals surface area (Å²) in [6.07, 6.45) is 18.1. The van der Waals surface area contributed by atoms with Crippen LogP contribution in [-0.4, -0.2) is 22.2 Å². The zero-order chi connectivity index (χ0) is 27.5. The van der Waals surface area contributed by atoms with Crippen LogP contribution in [0.2, 0.25) is 0 Å². The van der Waals surface area contributed by atoms with Crippen molar-refractivity contribution in [3.05, 3.63) is 47.8 Å². The summed E-state index contributed by atoms with van der Waals surface area (Å²) in [5, 5.41) is 7.03. The molecule has 0 unspecified atom stereocenters. The monoisotopic (exact) mass is 537 g/mol. The standard InChI is InChI=1S/C30H46F3N3O2/c1-2-3-4-5-6-7-8-9-10-11-12-13-14-15-16-17-22-34-29(37)28-21-23-36(35-28)25-38-27-20-18-19-26(24-27)30(31,32)33/h18-21,23-24H,2-17,22,25H2,1H3,(H,34,37). The van der Waals surface area contributed by atoms with Crippen molar-refractivity contribution in [3.8, 4) is 5.75 Å². The normalized spacial score (nSPS) is 11.6. The summed E-state index contributed by atoms with van der Waals surface area (Å²) in [5.41, 5.74) is -0.515. The molecule has 0 aliphatic heterocycles. The van der Waals surface area contributed by atoms with Crippen molar-refractivity contribution < 1.29 is 22.7 Å². The first-order valence-electron chi connectivity index (χ1n) is 14.5. The second kappa shape index (κ2) is 18.7. The first-order valence-corrected chi connectivity index (χ1v) is 14.5. The molecule has 8 heteroatoms. The molecule has 2 rings (SSSR count). The molecule has 0 radical (unpaired) electrons. The molecule has 0 aliphatic rings. The maximum Gasteiger partial charge on any atom is 0.416 e. The van der Waals surface area contributed by atoms with Crippen molar-refractivity contribution in [2.75, 3.05) is 6.54 Å². The van der Waals surface area contributed by atoms with Crippen LogP contribution in [0.4, 0.5) is 13.2 Å². The summed E-state index contributed by atoms with van der Waals surface area (Å²) in [4.78, 5) is 12.3. The summed E-state index contributed by atoms with van der Waals surface area (Å²) in [6, 6.07) is 6.24. The minimum Gasteiger partial charge on any atom is -0.471 e. The third-order valence-electron chi connectivity index (χ3n) is 6.71. The molecule has 38 heavy (non-hydrogen) atoms. The van der Waals surface area contributed by atoms with Crippen LogP contribution in [0, 0.1) is 0 Å². The van der Waals surface area contributed by atoms with Gasteiger partial charge in [-0.1, -0.05) is 109 Å². The van der Waals surface area contributed by atoms with Gasteiger partial charge >= 0.3 is 6.18 Å². The van der Waals surface area contributed by atoms with Crippen LogP contribution in [0.25, 0.3) is 0 Å². The number of carbonyl (C=O) groups is 1. The molecule has 0 spiro atoms. The van der Waals surface area contributed by atoms with E-state index >= 15 is 0 Å². The van der Waals surface area contributed by atoms with Crippen LogP contribution in [0.15, 0.2) is 36.5 Å². The predicted molar refractivity (Wildman–Crippen MR) is 146 cm³/mol. The number of alkyl halides is 3. The highest BCUT2D eigenvalue weighted by molar-refractivity contribution is 5.92. The molecule has 1 aromatic carbocycles. The third-order valence-corrected chi connectivity index (χ3v) is 6.71. The fourth-order valence-corrected chi connectivity index (χ4v) is 4.42. The Hall–Kier alpha value is -2.51. The van der Waals surface area contributed by atoms with Crippen molar-refractivity contribution in [2.45, 2.75) is 123 Å². The minimum absolute atomic E-state index is 0.0878. The summed E-state index contributed by atoms with van der Waals surface area (Å²) < 4.78 is 45.2. The molecule has 0 fully saturated rings. The molecule has 1 N–H and O–H groups in total. The molecule has 0 saturated heterocycles. The molecule has 0 aliphatic carbocycles. The zero-order valence-corrected chi connectivity index (χ0v) is 23.0. The minimum atomic E-state index is -4.43. The van der Waals surface area contributed by atoms with Gasteiger partial charge in [0.1, 0.15) is 11.4 Å². The second-order valence-electron chi connectivity index (χ2n) is 10.1. The Kier molecular flexibility index (Phi) is 15.6. The fourth-order valence-electron chi connectivity index (χ4n) is 4.42. The van der Waals surface area contributed by atoms with Crippen molar-refractivity contribution in [3.63, 3.8) is 0 Å². The van der Waals surface area contributed by atoms with Gasteiger partial charge in [-0.2, -0.15) is 18.3 Å². The van der Waals surface area contributed by atoms with Crippen molar-refractivity contribution >= 4 is 5.91 Å². The topological polar surface area (TPSA) is 56.2 Å². The van der Waals surface area contributed by atoms with Crippen molar-refractivity contribution in [1.82, 2.24) is 15.1 Å². The number of hydrogen-bond donors (Lipinski definition) is 1. The molecular formula is C30H46F3N3O2. The third kappa shape index (κ3) is 13.9. The lowest BCUT2D eigenvalue weighted by molar-refractivity contribution is -0.137. The van der Waals surface area contributed by atoms with Crippen molar-refractivity contribution in [2.24, 2.45) is 0 Å². The number of amides is 1. The molecule has 0 bridgehead atoms. The SMILES string of the molecule is CCCCCCCCCCCCCCCCCCNC(=O)c1ccn(COc2cccc(C(F)(F)F)c2)n1. The average Bonchev–Trinajstić information content (AvgIpc) is 3.38. The van der Waals surface area contributed by atoms with E-state index < -0.39 is 11.7 Å². The van der Waals surface area contributed by atoms with Gasteiger partial charge in [0.25, 0.3) is 5.91 Å². The van der Waals surface area contributed by atoms with Crippen LogP contribution < -0.4 is 10.1 Å². The van der Waals surface area contributed by atoms with Gasteiger partial charge in [-0.25, -0.2) is 4.68 Å². The quantitative estimate of drug-likeness (QED) is 0.162. The predicted octanol–water partition coefficient (Wildman–Crippen LogP) is 8.93. The number of aromatic nitrogens is 2. The highest BCUT2D eigenvalue weighted by atomic mass is 19.4. The van der Waals surface area contributed by atoms with Gasteiger partial charge in [0.15, 0.2) is 6.73 Å². The van der Waals surface area contributed by atoms with E-state index in [2.05, 4.69) is 17.3 Å². The van der Waals surface area contributed by atoms with Crippen LogP contribution in [-0.2, 0) is 12.9 Å². The Morgan fingerprint density at radius 2 is 1.39 bits per heavy atom. The van der Waals surface area contributed by atoms with Gasteiger partial charge in [0, 0.05) is 12.7 Å². The Labute approximate surface area is 226 Å². The van der Waals surface area contributed by atoms with E-state index in [-0.39, 0.29) is 24.1 Å². The number of benzene rings is 1. The highest BCUT2D eigenvalue weighted by Gasteiger charge is 2.30. The molecule has 1 amide bonds. The molecule has 214 valence electrons. The molecule has 1 heterocycles. The summed E-state index contributed by atoms with van der Waals surface area (Å²) >= 11 is 0. The van der Waals surface area contributed by atoms with Crippen LogP contribution >= 0.6 is 0 Å². The first-order chi connectivity index (χ1) is 18.4. The van der Waals surface area contributed by atoms with Gasteiger partial charge in [-0.3, -0.25) is 4.79 Å². The van der Waals surface area contributed by atoms with Gasteiger partial charge < -0.3 is 10.1 Å². The van der Waals surface area contributed by atoms with Crippen LogP contribution in [0.1, 0.15) is 126 Å². The molecule has 0 atom stereocenters. The lowest BCUT2D eigenvalue weighted by Crippen LogP contribution is -2.25. The smallest absolute Gasteiger partial charge is 0.416 e. The lowest BCUT2D eigenvalue weighted by atomic mass is 10.0. The Balaban J connectivity index is 1.45. The number of carbonyl (C=O) groups excluding carboxylic acids is 1. The Morgan fingerprint density at radius 1 is 0.842 bits per heavy atom. The van der Waals surface area contributed by atoms with Gasteiger partial charge in [0.2, 0.25) is 0 Å². The van der Waals surface area contributed by atoms with Gasteiger partial charge in [-0.05, 0) is 30.7 Å². The van der Waals surface area contributed by atoms with Gasteiger partial charge in [-0.15, -0.1) is 0 Å². The first kappa shape index (κ1) is 31.7. The summed E-state index contributed by atoms with van der Waals surface area (Å²) in [5.74, 6) is -0.173. The van der Waals surface area contributed by atoms with E-state index in [1.54, 1.807) is 12.3 Å². The van der Waals surface area contributed by atoms with E-state index in [4.69, 9.17) is 4.74 Å². The molecule has 0 saturated carbocycles. The van der Waals surface area contributed by atoms with E-state index in [1.807, 2.05) is 0 Å². The van der Waals surface area contributed by atoms with E-state index in [0.717, 1.165) is 25.0 Å². The fraction of sp³-hybridized carbons (Fsp3) is 0.667. The average molecular weight is 538 g/mol. The molecular weight excluding hydrogens is 491 g/mol. The van der Waals surface area contributed by atoms with E-state index in [1.165, 1.54) is 107 Å². The Morgan fingerprint density at radius 3 is 1.95 bits per heavy atom. The molecule has 1 aromatic heterocycles. The molecule has 2 aromatic rings. The number of nitrogens with zero attached hydrogens (tertiary/aromatic N) is 2. The summed E-state index contributed by atoms with van der Waals surface area (Å²) in [6.45, 7) is 2.78. The maximum absolute atomic E-state index is 12.8. The van der Waals surface area contributed by atoms with E-state index in [0.29, 0.717) is 6.54 Å². The largest absolute Gasteiger partial charge is 0.471 e. The van der Waals surface area contributed by atoms with Crippen LogP contribution in [0.5, 0.6) is 5.75 Å². The lowest BCUT2D eigenvalue weighted by Gasteiger charge is -2.10. The number of rotatable bonds is 21. The number of nitrogens with one attached hydrogen (secondary N) is 1. The number of ether oxygens (including phenoxy) is 1. The Bertz CT molecular complexity index is 899. The number of hydrogen-bond acceptors (Lipinski definition) is 3. The van der Waals surface area contributed by atoms with Crippen molar-refractivity contribution in [1.29, 1.82) is 0 Å². The maximum atomic E-state index is 12.8. The summed E-state index contributed by atoms with van der Waals surface area (Å²) in [7, 11) is 0.